The molecule has 0 aliphatic rings. The van der Waals surface area contributed by atoms with Gasteiger partial charge >= 0.3 is 0 Å². The van der Waals surface area contributed by atoms with Gasteiger partial charge in [0, 0.05) is 11.1 Å². The van der Waals surface area contributed by atoms with Gasteiger partial charge in [-0.05, 0) is 46.4 Å². The Morgan fingerprint density at radius 1 is 1.43 bits per heavy atom. The van der Waals surface area contributed by atoms with Crippen LogP contribution in [0, 0.1) is 0 Å². The van der Waals surface area contributed by atoms with E-state index in [0.717, 1.165) is 16.1 Å². The van der Waals surface area contributed by atoms with Crippen molar-refractivity contribution in [3.8, 4) is 0 Å². The molecule has 0 saturated carbocycles. The Labute approximate surface area is 95.1 Å². The zero-order valence-corrected chi connectivity index (χ0v) is 10.1. The highest BCUT2D eigenvalue weighted by Gasteiger charge is 2.09. The summed E-state index contributed by atoms with van der Waals surface area (Å²) in [6, 6.07) is 6.12. The van der Waals surface area contributed by atoms with E-state index in [-0.39, 0.29) is 6.04 Å². The van der Waals surface area contributed by atoms with Crippen molar-refractivity contribution in [1.82, 2.24) is 0 Å². The first-order chi connectivity index (χ1) is 6.75. The predicted octanol–water partition coefficient (Wildman–Crippen LogP) is 4.28. The Hall–Kier alpha value is -0.740. The van der Waals surface area contributed by atoms with E-state index >= 15 is 0 Å². The fraction of sp³-hybridized carbons (Fsp3) is 0.200. The lowest BCUT2D eigenvalue weighted by atomic mass is 10.2. The zero-order chi connectivity index (χ0) is 9.97. The van der Waals surface area contributed by atoms with Crippen LogP contribution in [0.15, 0.2) is 38.0 Å². The molecular formula is C10H10BrNOS. The molecule has 2 aromatic heterocycles. The molecule has 2 nitrogen and oxygen atoms in total. The van der Waals surface area contributed by atoms with Crippen molar-refractivity contribution < 1.29 is 4.42 Å². The minimum atomic E-state index is 0.191. The lowest BCUT2D eigenvalue weighted by molar-refractivity contribution is 0.471. The first-order valence-corrected chi connectivity index (χ1v) is 6.03. The topological polar surface area (TPSA) is 25.2 Å². The summed E-state index contributed by atoms with van der Waals surface area (Å²) in [5.41, 5.74) is 1.13. The summed E-state index contributed by atoms with van der Waals surface area (Å²) in [4.78, 5) is 0. The first kappa shape index (κ1) is 9.80. The molecule has 0 aliphatic carbocycles. The van der Waals surface area contributed by atoms with Gasteiger partial charge in [0.15, 0.2) is 4.67 Å². The Morgan fingerprint density at radius 3 is 2.86 bits per heavy atom. The summed E-state index contributed by atoms with van der Waals surface area (Å²) < 4.78 is 6.22. The predicted molar refractivity (Wildman–Crippen MR) is 62.8 cm³/mol. The van der Waals surface area contributed by atoms with Gasteiger partial charge in [-0.1, -0.05) is 0 Å². The van der Waals surface area contributed by atoms with Crippen molar-refractivity contribution in [1.29, 1.82) is 0 Å². The molecule has 74 valence electrons. The molecule has 0 aromatic carbocycles. The number of halogens is 1. The summed E-state index contributed by atoms with van der Waals surface area (Å²) in [6.45, 7) is 2.07. The van der Waals surface area contributed by atoms with E-state index in [1.165, 1.54) is 0 Å². The summed E-state index contributed by atoms with van der Waals surface area (Å²) >= 11 is 4.97. The van der Waals surface area contributed by atoms with Crippen LogP contribution in [-0.4, -0.2) is 0 Å². The minimum absolute atomic E-state index is 0.191. The molecule has 0 amide bonds. The van der Waals surface area contributed by atoms with Gasteiger partial charge in [0.2, 0.25) is 0 Å². The highest BCUT2D eigenvalue weighted by Crippen LogP contribution is 2.24. The SMILES string of the molecule is CC(Nc1ccsc1)c1ccc(Br)o1. The highest BCUT2D eigenvalue weighted by molar-refractivity contribution is 9.10. The van der Waals surface area contributed by atoms with Crippen LogP contribution in [0.2, 0.25) is 0 Å². The van der Waals surface area contributed by atoms with E-state index in [2.05, 4.69) is 39.6 Å². The van der Waals surface area contributed by atoms with E-state index in [1.807, 2.05) is 17.5 Å². The van der Waals surface area contributed by atoms with Crippen LogP contribution in [0.5, 0.6) is 0 Å². The monoisotopic (exact) mass is 271 g/mol. The second-order valence-corrected chi connectivity index (χ2v) is 4.58. The normalized spacial score (nSPS) is 12.7. The van der Waals surface area contributed by atoms with Crippen LogP contribution in [0.3, 0.4) is 0 Å². The molecule has 0 spiro atoms. The number of furan rings is 1. The summed E-state index contributed by atoms with van der Waals surface area (Å²) in [6.07, 6.45) is 0. The van der Waals surface area contributed by atoms with E-state index in [9.17, 15) is 0 Å². The molecule has 2 rings (SSSR count). The quantitative estimate of drug-likeness (QED) is 0.902. The fourth-order valence-electron chi connectivity index (χ4n) is 1.23. The van der Waals surface area contributed by atoms with Crippen LogP contribution in [0.4, 0.5) is 5.69 Å². The lowest BCUT2D eigenvalue weighted by Crippen LogP contribution is -2.04. The smallest absolute Gasteiger partial charge is 0.169 e. The average Bonchev–Trinajstić information content (AvgIpc) is 2.75. The second kappa shape index (κ2) is 4.19. The van der Waals surface area contributed by atoms with Crippen molar-refractivity contribution in [3.05, 3.63) is 39.4 Å². The van der Waals surface area contributed by atoms with Crippen LogP contribution in [-0.2, 0) is 0 Å². The summed E-state index contributed by atoms with van der Waals surface area (Å²) in [5, 5.41) is 7.47. The number of hydrogen-bond acceptors (Lipinski definition) is 3. The molecule has 0 aliphatic heterocycles. The maximum atomic E-state index is 5.45. The molecular weight excluding hydrogens is 262 g/mol. The molecule has 1 unspecified atom stereocenters. The van der Waals surface area contributed by atoms with Gasteiger partial charge in [-0.2, -0.15) is 11.3 Å². The Balaban J connectivity index is 2.06. The van der Waals surface area contributed by atoms with Gasteiger partial charge in [0.25, 0.3) is 0 Å². The number of thiophene rings is 1. The highest BCUT2D eigenvalue weighted by atomic mass is 79.9. The van der Waals surface area contributed by atoms with E-state index in [1.54, 1.807) is 11.3 Å². The van der Waals surface area contributed by atoms with Gasteiger partial charge in [-0.3, -0.25) is 0 Å². The molecule has 0 radical (unpaired) electrons. The summed E-state index contributed by atoms with van der Waals surface area (Å²) in [5.74, 6) is 0.933. The molecule has 2 aromatic rings. The van der Waals surface area contributed by atoms with Crippen molar-refractivity contribution in [2.75, 3.05) is 5.32 Å². The maximum Gasteiger partial charge on any atom is 0.169 e. The van der Waals surface area contributed by atoms with Gasteiger partial charge < -0.3 is 9.73 Å². The third-order valence-corrected chi connectivity index (χ3v) is 3.03. The molecule has 2 heterocycles. The molecule has 1 N–H and O–H groups in total. The molecule has 14 heavy (non-hydrogen) atoms. The largest absolute Gasteiger partial charge is 0.452 e. The molecule has 0 bridgehead atoms. The minimum Gasteiger partial charge on any atom is -0.452 e. The van der Waals surface area contributed by atoms with Gasteiger partial charge in [0.1, 0.15) is 5.76 Å². The van der Waals surface area contributed by atoms with Crippen LogP contribution in [0.1, 0.15) is 18.7 Å². The van der Waals surface area contributed by atoms with Crippen molar-refractivity contribution in [2.45, 2.75) is 13.0 Å². The molecule has 0 fully saturated rings. The summed E-state index contributed by atoms with van der Waals surface area (Å²) in [7, 11) is 0. The average molecular weight is 272 g/mol. The number of hydrogen-bond donors (Lipinski definition) is 1. The third-order valence-electron chi connectivity index (χ3n) is 1.93. The standard InChI is InChI=1S/C10H10BrNOS/c1-7(9-2-3-10(11)13-9)12-8-4-5-14-6-8/h2-7,12H,1H3. The first-order valence-electron chi connectivity index (χ1n) is 4.29. The van der Waals surface area contributed by atoms with E-state index in [0.29, 0.717) is 0 Å². The second-order valence-electron chi connectivity index (χ2n) is 3.02. The van der Waals surface area contributed by atoms with Crippen LogP contribution in [0.25, 0.3) is 0 Å². The van der Waals surface area contributed by atoms with E-state index < -0.39 is 0 Å². The van der Waals surface area contributed by atoms with Crippen LogP contribution < -0.4 is 5.32 Å². The van der Waals surface area contributed by atoms with Gasteiger partial charge in [0.05, 0.1) is 6.04 Å². The third kappa shape index (κ3) is 2.19. The van der Waals surface area contributed by atoms with E-state index in [4.69, 9.17) is 4.42 Å². The Bertz CT molecular complexity index is 396. The van der Waals surface area contributed by atoms with Crippen molar-refractivity contribution in [3.63, 3.8) is 0 Å². The number of anilines is 1. The van der Waals surface area contributed by atoms with Gasteiger partial charge in [-0.25, -0.2) is 0 Å². The van der Waals surface area contributed by atoms with Crippen molar-refractivity contribution in [2.24, 2.45) is 0 Å². The van der Waals surface area contributed by atoms with Gasteiger partial charge in [-0.15, -0.1) is 0 Å². The lowest BCUT2D eigenvalue weighted by Gasteiger charge is -2.10. The number of rotatable bonds is 3. The molecule has 0 saturated heterocycles. The Kier molecular flexibility index (Phi) is 2.93. The maximum absolute atomic E-state index is 5.45. The Morgan fingerprint density at radius 2 is 2.29 bits per heavy atom. The fourth-order valence-corrected chi connectivity index (χ4v) is 2.14. The number of nitrogens with one attached hydrogen (secondary N) is 1. The molecule has 1 atom stereocenters. The van der Waals surface area contributed by atoms with Crippen molar-refractivity contribution >= 4 is 33.0 Å². The van der Waals surface area contributed by atoms with Crippen LogP contribution >= 0.6 is 27.3 Å². The molecule has 4 heteroatoms. The zero-order valence-electron chi connectivity index (χ0n) is 7.66.